The minimum atomic E-state index is -0.243. The van der Waals surface area contributed by atoms with Gasteiger partial charge in [-0.3, -0.25) is 4.79 Å². The van der Waals surface area contributed by atoms with Gasteiger partial charge in [-0.2, -0.15) is 0 Å². The third-order valence-electron chi connectivity index (χ3n) is 4.17. The van der Waals surface area contributed by atoms with Crippen LogP contribution in [0.25, 0.3) is 0 Å². The molecule has 1 aliphatic rings. The normalized spacial score (nSPS) is 21.8. The summed E-state index contributed by atoms with van der Waals surface area (Å²) >= 11 is 0. The van der Waals surface area contributed by atoms with Crippen molar-refractivity contribution in [3.63, 3.8) is 0 Å². The lowest BCUT2D eigenvalue weighted by Gasteiger charge is -2.31. The second kappa shape index (κ2) is 6.27. The Labute approximate surface area is 121 Å². The van der Waals surface area contributed by atoms with Crippen molar-refractivity contribution in [1.82, 2.24) is 5.32 Å². The molecule has 1 amide bonds. The molecular weight excluding hydrogens is 252 g/mol. The second-order valence-electron chi connectivity index (χ2n) is 5.52. The van der Waals surface area contributed by atoms with Crippen LogP contribution in [0.1, 0.15) is 26.2 Å². The van der Waals surface area contributed by atoms with Gasteiger partial charge in [-0.25, -0.2) is 0 Å². The molecular formula is C16H24N2O2. The van der Waals surface area contributed by atoms with Crippen molar-refractivity contribution in [3.8, 4) is 5.75 Å². The first-order valence-corrected chi connectivity index (χ1v) is 7.26. The fourth-order valence-electron chi connectivity index (χ4n) is 3.02. The molecule has 1 aromatic rings. The van der Waals surface area contributed by atoms with E-state index in [9.17, 15) is 4.79 Å². The summed E-state index contributed by atoms with van der Waals surface area (Å²) in [6.07, 6.45) is 2.89. The zero-order chi connectivity index (χ0) is 14.6. The van der Waals surface area contributed by atoms with Gasteiger partial charge in [-0.05, 0) is 31.5 Å². The first kappa shape index (κ1) is 14.9. The van der Waals surface area contributed by atoms with Crippen molar-refractivity contribution in [2.24, 2.45) is 5.41 Å². The number of hydrogen-bond acceptors (Lipinski definition) is 3. The van der Waals surface area contributed by atoms with Crippen molar-refractivity contribution in [2.75, 3.05) is 32.1 Å². The molecule has 1 unspecified atom stereocenters. The summed E-state index contributed by atoms with van der Waals surface area (Å²) in [7, 11) is 3.49. The first-order chi connectivity index (χ1) is 9.63. The summed E-state index contributed by atoms with van der Waals surface area (Å²) in [5, 5.41) is 3.34. The van der Waals surface area contributed by atoms with Gasteiger partial charge in [0, 0.05) is 25.3 Å². The van der Waals surface area contributed by atoms with E-state index in [1.807, 2.05) is 31.3 Å². The van der Waals surface area contributed by atoms with Gasteiger partial charge in [0.05, 0.1) is 12.5 Å². The smallest absolute Gasteiger partial charge is 0.234 e. The molecule has 4 nitrogen and oxygen atoms in total. The quantitative estimate of drug-likeness (QED) is 0.898. The minimum Gasteiger partial charge on any atom is -0.497 e. The summed E-state index contributed by atoms with van der Waals surface area (Å²) < 4.78 is 5.23. The van der Waals surface area contributed by atoms with Crippen molar-refractivity contribution < 1.29 is 9.53 Å². The van der Waals surface area contributed by atoms with E-state index >= 15 is 0 Å². The van der Waals surface area contributed by atoms with E-state index in [0.29, 0.717) is 0 Å². The Morgan fingerprint density at radius 2 is 2.30 bits per heavy atom. The largest absolute Gasteiger partial charge is 0.497 e. The lowest BCUT2D eigenvalue weighted by molar-refractivity contribution is -0.127. The Morgan fingerprint density at radius 3 is 2.90 bits per heavy atom. The first-order valence-electron chi connectivity index (χ1n) is 7.26. The monoisotopic (exact) mass is 276 g/mol. The maximum absolute atomic E-state index is 12.9. The van der Waals surface area contributed by atoms with Crippen LogP contribution in [0.4, 0.5) is 5.69 Å². The van der Waals surface area contributed by atoms with Gasteiger partial charge in [-0.1, -0.05) is 19.4 Å². The molecule has 2 rings (SSSR count). The molecule has 20 heavy (non-hydrogen) atoms. The Kier molecular flexibility index (Phi) is 4.65. The van der Waals surface area contributed by atoms with Gasteiger partial charge in [0.15, 0.2) is 0 Å². The molecule has 1 aromatic carbocycles. The van der Waals surface area contributed by atoms with E-state index in [4.69, 9.17) is 4.74 Å². The fourth-order valence-corrected chi connectivity index (χ4v) is 3.02. The number of ether oxygens (including phenoxy) is 1. The van der Waals surface area contributed by atoms with E-state index < -0.39 is 0 Å². The minimum absolute atomic E-state index is 0.206. The van der Waals surface area contributed by atoms with Crippen molar-refractivity contribution in [1.29, 1.82) is 0 Å². The van der Waals surface area contributed by atoms with Gasteiger partial charge >= 0.3 is 0 Å². The number of benzene rings is 1. The van der Waals surface area contributed by atoms with Crippen LogP contribution < -0.4 is 15.0 Å². The highest BCUT2D eigenvalue weighted by molar-refractivity contribution is 5.97. The Bertz CT molecular complexity index is 467. The van der Waals surface area contributed by atoms with Crippen molar-refractivity contribution in [3.05, 3.63) is 24.3 Å². The van der Waals surface area contributed by atoms with Crippen LogP contribution in [0.15, 0.2) is 24.3 Å². The van der Waals surface area contributed by atoms with Gasteiger partial charge in [-0.15, -0.1) is 0 Å². The number of nitrogens with zero attached hydrogens (tertiary/aromatic N) is 1. The van der Waals surface area contributed by atoms with Gasteiger partial charge < -0.3 is 15.0 Å². The summed E-state index contributed by atoms with van der Waals surface area (Å²) in [6.45, 7) is 3.85. The molecule has 4 heteroatoms. The average Bonchev–Trinajstić information content (AvgIpc) is 2.96. The number of amides is 1. The summed E-state index contributed by atoms with van der Waals surface area (Å²) in [5.74, 6) is 0.980. The summed E-state index contributed by atoms with van der Waals surface area (Å²) in [5.41, 5.74) is 0.642. The molecule has 0 aromatic heterocycles. The van der Waals surface area contributed by atoms with Gasteiger partial charge in [0.1, 0.15) is 5.75 Å². The Hall–Kier alpha value is -1.55. The SMILES string of the molecule is CCCC1(C(=O)N(C)c2cccc(OC)c2)CCNC1. The molecule has 0 radical (unpaired) electrons. The molecule has 1 fully saturated rings. The summed E-state index contributed by atoms with van der Waals surface area (Å²) in [6, 6.07) is 7.65. The van der Waals surface area contributed by atoms with E-state index in [1.54, 1.807) is 12.0 Å². The third-order valence-corrected chi connectivity index (χ3v) is 4.17. The molecule has 1 N–H and O–H groups in total. The summed E-state index contributed by atoms with van der Waals surface area (Å²) in [4.78, 5) is 14.7. The molecule has 0 spiro atoms. The van der Waals surface area contributed by atoms with Gasteiger partial charge in [0.25, 0.3) is 0 Å². The number of nitrogens with one attached hydrogen (secondary N) is 1. The van der Waals surface area contributed by atoms with Crippen LogP contribution in [0.3, 0.4) is 0 Å². The van der Waals surface area contributed by atoms with Crippen molar-refractivity contribution in [2.45, 2.75) is 26.2 Å². The van der Waals surface area contributed by atoms with Gasteiger partial charge in [0.2, 0.25) is 5.91 Å². The molecule has 1 aliphatic heterocycles. The van der Waals surface area contributed by atoms with Crippen LogP contribution in [0.5, 0.6) is 5.75 Å². The van der Waals surface area contributed by atoms with Crippen LogP contribution in [-0.4, -0.2) is 33.2 Å². The number of rotatable bonds is 5. The van der Waals surface area contributed by atoms with Crippen LogP contribution >= 0.6 is 0 Å². The van der Waals surface area contributed by atoms with Crippen LogP contribution in [0.2, 0.25) is 0 Å². The highest BCUT2D eigenvalue weighted by atomic mass is 16.5. The lowest BCUT2D eigenvalue weighted by atomic mass is 9.81. The standard InChI is InChI=1S/C16H24N2O2/c1-4-8-16(9-10-17-12-16)15(19)18(2)13-6-5-7-14(11-13)20-3/h5-7,11,17H,4,8-10,12H2,1-3H3. The van der Waals surface area contributed by atoms with Crippen LogP contribution in [0, 0.1) is 5.41 Å². The predicted molar refractivity (Wildman–Crippen MR) is 81.2 cm³/mol. The molecule has 0 saturated carbocycles. The second-order valence-corrected chi connectivity index (χ2v) is 5.52. The third kappa shape index (κ3) is 2.80. The maximum Gasteiger partial charge on any atom is 0.234 e. The lowest BCUT2D eigenvalue weighted by Crippen LogP contribution is -2.43. The number of anilines is 1. The maximum atomic E-state index is 12.9. The van der Waals surface area contributed by atoms with Crippen molar-refractivity contribution >= 4 is 11.6 Å². The Balaban J connectivity index is 2.22. The number of methoxy groups -OCH3 is 1. The van der Waals surface area contributed by atoms with E-state index in [0.717, 1.165) is 43.8 Å². The average molecular weight is 276 g/mol. The number of carbonyl (C=O) groups is 1. The molecule has 1 atom stereocenters. The zero-order valence-corrected chi connectivity index (χ0v) is 12.6. The number of carbonyl (C=O) groups excluding carboxylic acids is 1. The van der Waals surface area contributed by atoms with E-state index in [2.05, 4.69) is 12.2 Å². The Morgan fingerprint density at radius 1 is 1.50 bits per heavy atom. The molecule has 1 saturated heterocycles. The zero-order valence-electron chi connectivity index (χ0n) is 12.6. The predicted octanol–water partition coefficient (Wildman–Crippen LogP) is 2.44. The highest BCUT2D eigenvalue weighted by Gasteiger charge is 2.42. The molecule has 110 valence electrons. The fraction of sp³-hybridized carbons (Fsp3) is 0.562. The van der Waals surface area contributed by atoms with E-state index in [1.165, 1.54) is 0 Å². The topological polar surface area (TPSA) is 41.6 Å². The molecule has 0 aliphatic carbocycles. The number of hydrogen-bond donors (Lipinski definition) is 1. The van der Waals surface area contributed by atoms with E-state index in [-0.39, 0.29) is 11.3 Å². The highest BCUT2D eigenvalue weighted by Crippen LogP contribution is 2.34. The molecule has 0 bridgehead atoms. The molecule has 1 heterocycles. The van der Waals surface area contributed by atoms with Crippen LogP contribution in [-0.2, 0) is 4.79 Å².